The van der Waals surface area contributed by atoms with Gasteiger partial charge in [0.15, 0.2) is 28.8 Å². The number of carbonyl (C=O) groups is 4. The molecule has 0 spiro atoms. The van der Waals surface area contributed by atoms with Crippen LogP contribution in [0.15, 0.2) is 0 Å². The Labute approximate surface area is 209 Å². The second-order valence-corrected chi connectivity index (χ2v) is 7.77. The fourth-order valence-electron chi connectivity index (χ4n) is 3.32. The van der Waals surface area contributed by atoms with Crippen molar-refractivity contribution >= 4 is 35.0 Å². The Morgan fingerprint density at radius 1 is 0.886 bits per heavy atom. The first-order valence-corrected chi connectivity index (χ1v) is 11.9. The number of nitrogens with zero attached hydrogens (tertiary/aromatic N) is 3. The minimum absolute atomic E-state index is 0.0282. The van der Waals surface area contributed by atoms with Crippen LogP contribution < -0.4 is 16.0 Å². The quantitative estimate of drug-likeness (QED) is 0.287. The second kappa shape index (κ2) is 15.8. The van der Waals surface area contributed by atoms with Crippen molar-refractivity contribution in [2.24, 2.45) is 5.92 Å². The molecule has 0 aliphatic carbocycles. The molecule has 1 rings (SSSR count). The minimum Gasteiger partial charge on any atom is -0.368 e. The lowest BCUT2D eigenvalue weighted by atomic mass is 9.92. The van der Waals surface area contributed by atoms with Crippen molar-refractivity contribution in [2.75, 3.05) is 43.4 Å². The number of Topliss-reactive ketones (excluding diaryl/α,β-unsaturated/α-hetero) is 2. The molecule has 0 aliphatic rings. The summed E-state index contributed by atoms with van der Waals surface area (Å²) in [6.07, 6.45) is 1.75. The Balaban J connectivity index is 3.15. The van der Waals surface area contributed by atoms with E-state index >= 15 is 0 Å². The number of anilines is 2. The molecule has 190 valence electrons. The summed E-state index contributed by atoms with van der Waals surface area (Å²) in [7, 11) is 0. The topological polar surface area (TPSA) is 133 Å². The first kappa shape index (κ1) is 30.0. The number of amides is 2. The van der Waals surface area contributed by atoms with E-state index in [-0.39, 0.29) is 79.4 Å². The Bertz CT molecular complexity index is 870. The van der Waals surface area contributed by atoms with Crippen molar-refractivity contribution in [1.82, 2.24) is 20.2 Å². The van der Waals surface area contributed by atoms with E-state index < -0.39 is 11.8 Å². The summed E-state index contributed by atoms with van der Waals surface area (Å²) < 4.78 is 0. The van der Waals surface area contributed by atoms with Gasteiger partial charge in [0.2, 0.25) is 5.91 Å². The third-order valence-electron chi connectivity index (χ3n) is 5.23. The highest BCUT2D eigenvalue weighted by atomic mass is 16.2. The Morgan fingerprint density at radius 3 is 1.97 bits per heavy atom. The fraction of sp³-hybridized carbons (Fsp3) is 0.560. The van der Waals surface area contributed by atoms with Crippen LogP contribution in [0, 0.1) is 26.7 Å². The summed E-state index contributed by atoms with van der Waals surface area (Å²) >= 11 is 0. The van der Waals surface area contributed by atoms with Crippen LogP contribution >= 0.6 is 0 Å². The normalized spacial score (nSPS) is 11.5. The number of carbonyl (C=O) groups excluding carboxylic acids is 4. The molecule has 2 amide bonds. The van der Waals surface area contributed by atoms with E-state index in [2.05, 4.69) is 25.9 Å². The molecule has 1 aromatic rings. The summed E-state index contributed by atoms with van der Waals surface area (Å²) in [6.45, 7) is 22.5. The highest BCUT2D eigenvalue weighted by molar-refractivity contribution is 6.03. The van der Waals surface area contributed by atoms with Crippen molar-refractivity contribution in [1.29, 1.82) is 0 Å². The molecule has 10 heteroatoms. The molecule has 0 aromatic carbocycles. The summed E-state index contributed by atoms with van der Waals surface area (Å²) in [5.74, 6) is -1.61. The molecule has 0 fully saturated rings. The predicted molar refractivity (Wildman–Crippen MR) is 134 cm³/mol. The SMILES string of the molecule is [CH]CC(CCC)C(=O)CCC(=O)c1nc(NCC)c(C(=O)NCC(=O)N(C[CH])C[CH])nc1NCC. The summed E-state index contributed by atoms with van der Waals surface area (Å²) in [4.78, 5) is 60.2. The summed E-state index contributed by atoms with van der Waals surface area (Å²) in [6, 6.07) is 0. The molecule has 0 saturated carbocycles. The first-order valence-electron chi connectivity index (χ1n) is 11.9. The molecule has 35 heavy (non-hydrogen) atoms. The van der Waals surface area contributed by atoms with Gasteiger partial charge < -0.3 is 20.9 Å². The summed E-state index contributed by atoms with van der Waals surface area (Å²) in [5, 5.41) is 8.36. The van der Waals surface area contributed by atoms with Crippen molar-refractivity contribution in [3.63, 3.8) is 0 Å². The van der Waals surface area contributed by atoms with Crippen LogP contribution in [0.4, 0.5) is 11.6 Å². The van der Waals surface area contributed by atoms with Gasteiger partial charge in [0.1, 0.15) is 5.78 Å². The molecule has 6 radical (unpaired) electrons. The van der Waals surface area contributed by atoms with Gasteiger partial charge in [-0.25, -0.2) is 9.97 Å². The fourth-order valence-corrected chi connectivity index (χ4v) is 3.32. The van der Waals surface area contributed by atoms with E-state index in [4.69, 9.17) is 20.8 Å². The molecule has 1 unspecified atom stereocenters. The van der Waals surface area contributed by atoms with E-state index in [0.29, 0.717) is 19.5 Å². The smallest absolute Gasteiger partial charge is 0.274 e. The third kappa shape index (κ3) is 8.92. The summed E-state index contributed by atoms with van der Waals surface area (Å²) in [5.41, 5.74) is -0.0538. The van der Waals surface area contributed by atoms with Crippen LogP contribution in [-0.2, 0) is 9.59 Å². The van der Waals surface area contributed by atoms with Crippen LogP contribution in [0.1, 0.15) is 73.9 Å². The molecule has 10 nitrogen and oxygen atoms in total. The average Bonchev–Trinajstić information content (AvgIpc) is 2.85. The van der Waals surface area contributed by atoms with E-state index in [1.807, 2.05) is 6.92 Å². The van der Waals surface area contributed by atoms with Crippen LogP contribution in [0.3, 0.4) is 0 Å². The van der Waals surface area contributed by atoms with Crippen LogP contribution in [0.2, 0.25) is 0 Å². The van der Waals surface area contributed by atoms with Crippen molar-refractivity contribution in [3.8, 4) is 0 Å². The standard InChI is InChI=1S/C25H36N6O4/c1-7-13-17(8-2)18(32)14-15-19(33)21-23(26-9-3)30-22(24(29-21)27-10-4)25(35)28-16-20(34)31(11-5)12-6/h2,5-6,17H,7-16H2,1,3-4H3,(H,26,30)(H,27,29)(H,28,35). The van der Waals surface area contributed by atoms with E-state index in [1.165, 1.54) is 4.90 Å². The molecule has 1 atom stereocenters. The van der Waals surface area contributed by atoms with Gasteiger partial charge in [0.05, 0.1) is 6.54 Å². The number of rotatable bonds is 17. The average molecular weight is 485 g/mol. The zero-order chi connectivity index (χ0) is 26.4. The second-order valence-electron chi connectivity index (χ2n) is 7.77. The Kier molecular flexibility index (Phi) is 13.5. The molecule has 1 aromatic heterocycles. The van der Waals surface area contributed by atoms with Crippen molar-refractivity contribution < 1.29 is 19.2 Å². The van der Waals surface area contributed by atoms with Crippen molar-refractivity contribution in [3.05, 3.63) is 32.2 Å². The van der Waals surface area contributed by atoms with Gasteiger partial charge in [-0.2, -0.15) is 0 Å². The molecule has 3 N–H and O–H groups in total. The van der Waals surface area contributed by atoms with Gasteiger partial charge in [-0.15, -0.1) is 0 Å². The van der Waals surface area contributed by atoms with Gasteiger partial charge >= 0.3 is 0 Å². The lowest BCUT2D eigenvalue weighted by molar-refractivity contribution is -0.129. The number of ketones is 2. The zero-order valence-corrected chi connectivity index (χ0v) is 20.9. The van der Waals surface area contributed by atoms with E-state index in [0.717, 1.165) is 6.42 Å². The highest BCUT2D eigenvalue weighted by Crippen LogP contribution is 2.22. The first-order chi connectivity index (χ1) is 16.8. The molecule has 0 bridgehead atoms. The molecular weight excluding hydrogens is 448 g/mol. The number of hydrogen-bond acceptors (Lipinski definition) is 8. The van der Waals surface area contributed by atoms with Crippen LogP contribution in [-0.4, -0.2) is 71.0 Å². The van der Waals surface area contributed by atoms with Crippen molar-refractivity contribution in [2.45, 2.75) is 52.9 Å². The molecular formula is C25H36N6O4. The zero-order valence-electron chi connectivity index (χ0n) is 20.9. The monoisotopic (exact) mass is 484 g/mol. The molecule has 0 aliphatic heterocycles. The third-order valence-corrected chi connectivity index (χ3v) is 5.23. The largest absolute Gasteiger partial charge is 0.368 e. The Hall–Kier alpha value is -3.04. The van der Waals surface area contributed by atoms with Gasteiger partial charge in [-0.3, -0.25) is 19.2 Å². The maximum atomic E-state index is 13.0. The van der Waals surface area contributed by atoms with E-state index in [1.54, 1.807) is 13.8 Å². The maximum Gasteiger partial charge on any atom is 0.274 e. The number of nitrogens with one attached hydrogen (secondary N) is 3. The molecule has 0 saturated heterocycles. The lowest BCUT2D eigenvalue weighted by Gasteiger charge is -2.19. The highest BCUT2D eigenvalue weighted by Gasteiger charge is 2.25. The minimum atomic E-state index is -0.658. The number of aromatic nitrogens is 2. The predicted octanol–water partition coefficient (Wildman–Crippen LogP) is 2.37. The van der Waals surface area contributed by atoms with Crippen LogP contribution in [0.5, 0.6) is 0 Å². The lowest BCUT2D eigenvalue weighted by Crippen LogP contribution is -2.40. The van der Waals surface area contributed by atoms with Gasteiger partial charge in [0, 0.05) is 44.9 Å². The van der Waals surface area contributed by atoms with Gasteiger partial charge in [0.25, 0.3) is 5.91 Å². The van der Waals surface area contributed by atoms with Gasteiger partial charge in [-0.05, 0) is 47.5 Å². The maximum absolute atomic E-state index is 13.0. The van der Waals surface area contributed by atoms with E-state index in [9.17, 15) is 19.2 Å². The Morgan fingerprint density at radius 2 is 1.46 bits per heavy atom. The van der Waals surface area contributed by atoms with Crippen LogP contribution in [0.25, 0.3) is 0 Å². The molecule has 1 heterocycles. The number of hydrogen-bond donors (Lipinski definition) is 3. The van der Waals surface area contributed by atoms with Gasteiger partial charge in [-0.1, -0.05) is 13.3 Å².